The monoisotopic (exact) mass is 388 g/mol. The van der Waals surface area contributed by atoms with Crippen molar-refractivity contribution in [1.82, 2.24) is 30.6 Å². The van der Waals surface area contributed by atoms with Gasteiger partial charge in [0, 0.05) is 29.4 Å². The first-order valence-electron chi connectivity index (χ1n) is 8.85. The Morgan fingerprint density at radius 1 is 1.14 bits per heavy atom. The van der Waals surface area contributed by atoms with Crippen LogP contribution in [0.2, 0.25) is 0 Å². The molecule has 0 unspecified atom stereocenters. The van der Waals surface area contributed by atoms with Crippen molar-refractivity contribution < 1.29 is 9.47 Å². The van der Waals surface area contributed by atoms with Gasteiger partial charge in [-0.05, 0) is 29.5 Å². The number of tetrazole rings is 1. The summed E-state index contributed by atoms with van der Waals surface area (Å²) in [7, 11) is 1.62. The zero-order chi connectivity index (χ0) is 19.6. The molecule has 0 aliphatic carbocycles. The van der Waals surface area contributed by atoms with Crippen molar-refractivity contribution in [2.24, 2.45) is 0 Å². The number of fused-ring (bicyclic) bond motifs is 2. The highest BCUT2D eigenvalue weighted by Gasteiger charge is 2.20. The molecule has 10 heteroatoms. The largest absolute Gasteiger partial charge is 0.497 e. The molecule has 0 saturated heterocycles. The quantitative estimate of drug-likeness (QED) is 0.484. The summed E-state index contributed by atoms with van der Waals surface area (Å²) in [5.74, 6) is 2.96. The third-order valence-electron chi connectivity index (χ3n) is 4.48. The number of hydrogen-bond donors (Lipinski definition) is 3. The van der Waals surface area contributed by atoms with Gasteiger partial charge in [0.05, 0.1) is 7.11 Å². The summed E-state index contributed by atoms with van der Waals surface area (Å²) in [5, 5.41) is 20.7. The van der Waals surface area contributed by atoms with Crippen LogP contribution in [0, 0.1) is 0 Å². The maximum Gasteiger partial charge on any atom is 0.248 e. The molecular formula is C19H16N8O2. The molecule has 0 radical (unpaired) electrons. The Morgan fingerprint density at radius 3 is 2.97 bits per heavy atom. The fraction of sp³-hybridized carbons (Fsp3) is 0.105. The normalized spacial score (nSPS) is 12.0. The standard InChI is InChI=1S/C19H16N8O2/c1-28-14-6-5-12-9-20-16-18(21-10-22-19(16)29-15(12)8-14)23-13-4-2-3-11(7-13)17-24-26-27-25-17/h2-8,10,20H,9H2,1H3,(H,21,22,23)(H,24,25,26,27). The maximum absolute atomic E-state index is 6.04. The molecule has 0 amide bonds. The molecule has 3 N–H and O–H groups in total. The van der Waals surface area contributed by atoms with Crippen molar-refractivity contribution in [3.63, 3.8) is 0 Å². The van der Waals surface area contributed by atoms with Gasteiger partial charge in [0.15, 0.2) is 5.82 Å². The highest BCUT2D eigenvalue weighted by atomic mass is 16.5. The Bertz CT molecular complexity index is 1160. The Hall–Kier alpha value is -4.21. The number of methoxy groups -OCH3 is 1. The van der Waals surface area contributed by atoms with Crippen LogP contribution in [0.15, 0.2) is 48.8 Å². The molecule has 144 valence electrons. The van der Waals surface area contributed by atoms with Crippen molar-refractivity contribution in [3.8, 4) is 28.8 Å². The second-order valence-electron chi connectivity index (χ2n) is 6.27. The minimum atomic E-state index is 0.434. The van der Waals surface area contributed by atoms with Crippen molar-refractivity contribution in [3.05, 3.63) is 54.4 Å². The molecule has 29 heavy (non-hydrogen) atoms. The smallest absolute Gasteiger partial charge is 0.248 e. The van der Waals surface area contributed by atoms with Crippen LogP contribution < -0.4 is 20.1 Å². The summed E-state index contributed by atoms with van der Waals surface area (Å²) in [6.07, 6.45) is 1.46. The van der Waals surface area contributed by atoms with E-state index in [2.05, 4.69) is 41.2 Å². The topological polar surface area (TPSA) is 123 Å². The number of benzene rings is 2. The predicted octanol–water partition coefficient (Wildman–Crippen LogP) is 3.13. The summed E-state index contributed by atoms with van der Waals surface area (Å²) in [6, 6.07) is 13.3. The van der Waals surface area contributed by atoms with E-state index < -0.39 is 0 Å². The molecule has 0 bridgehead atoms. The summed E-state index contributed by atoms with van der Waals surface area (Å²) in [6.45, 7) is 0.567. The zero-order valence-electron chi connectivity index (χ0n) is 15.4. The molecule has 2 aromatic carbocycles. The van der Waals surface area contributed by atoms with Crippen molar-refractivity contribution >= 4 is 17.2 Å². The molecule has 0 spiro atoms. The van der Waals surface area contributed by atoms with Gasteiger partial charge in [0.2, 0.25) is 11.7 Å². The summed E-state index contributed by atoms with van der Waals surface area (Å²) in [4.78, 5) is 8.66. The highest BCUT2D eigenvalue weighted by molar-refractivity contribution is 5.77. The fourth-order valence-corrected chi connectivity index (χ4v) is 3.05. The number of nitrogens with zero attached hydrogens (tertiary/aromatic N) is 5. The molecule has 1 aliphatic heterocycles. The molecule has 4 aromatic rings. The number of anilines is 3. The van der Waals surface area contributed by atoms with Crippen molar-refractivity contribution in [2.45, 2.75) is 6.54 Å². The van der Waals surface area contributed by atoms with E-state index in [0.29, 0.717) is 35.5 Å². The number of aromatic nitrogens is 6. The highest BCUT2D eigenvalue weighted by Crippen LogP contribution is 2.39. The number of rotatable bonds is 4. The van der Waals surface area contributed by atoms with Gasteiger partial charge in [-0.15, -0.1) is 10.2 Å². The van der Waals surface area contributed by atoms with E-state index in [1.807, 2.05) is 42.5 Å². The van der Waals surface area contributed by atoms with Gasteiger partial charge in [-0.1, -0.05) is 12.1 Å². The molecule has 3 heterocycles. The maximum atomic E-state index is 6.04. The lowest BCUT2D eigenvalue weighted by molar-refractivity contribution is 0.407. The zero-order valence-corrected chi connectivity index (χ0v) is 15.4. The number of nitrogens with one attached hydrogen (secondary N) is 3. The van der Waals surface area contributed by atoms with Crippen molar-refractivity contribution in [2.75, 3.05) is 17.7 Å². The van der Waals surface area contributed by atoms with Crippen LogP contribution in [-0.2, 0) is 6.54 Å². The van der Waals surface area contributed by atoms with Crippen LogP contribution in [0.25, 0.3) is 11.4 Å². The molecule has 0 fully saturated rings. The van der Waals surface area contributed by atoms with Crippen LogP contribution in [-0.4, -0.2) is 37.7 Å². The SMILES string of the molecule is COc1ccc2c(c1)Oc1ncnc(Nc3cccc(-c4nn[nH]n4)c3)c1NC2. The third kappa shape index (κ3) is 3.27. The average molecular weight is 388 g/mol. The van der Waals surface area contributed by atoms with E-state index in [-0.39, 0.29) is 0 Å². The van der Waals surface area contributed by atoms with Gasteiger partial charge in [-0.2, -0.15) is 10.2 Å². The van der Waals surface area contributed by atoms with Gasteiger partial charge in [-0.25, -0.2) is 4.98 Å². The Labute approximate surface area is 165 Å². The van der Waals surface area contributed by atoms with Gasteiger partial charge in [-0.3, -0.25) is 0 Å². The lowest BCUT2D eigenvalue weighted by Gasteiger charge is -2.13. The average Bonchev–Trinajstić information content (AvgIpc) is 3.22. The number of hydrogen-bond acceptors (Lipinski definition) is 9. The molecular weight excluding hydrogens is 372 g/mol. The Morgan fingerprint density at radius 2 is 2.10 bits per heavy atom. The van der Waals surface area contributed by atoms with Crippen LogP contribution >= 0.6 is 0 Å². The summed E-state index contributed by atoms with van der Waals surface area (Å²) in [5.41, 5.74) is 3.31. The van der Waals surface area contributed by atoms with E-state index >= 15 is 0 Å². The molecule has 0 saturated carbocycles. The number of H-pyrrole nitrogens is 1. The van der Waals surface area contributed by atoms with E-state index in [1.54, 1.807) is 7.11 Å². The minimum Gasteiger partial charge on any atom is -0.497 e. The van der Waals surface area contributed by atoms with Gasteiger partial charge in [0.25, 0.3) is 0 Å². The second kappa shape index (κ2) is 7.08. The third-order valence-corrected chi connectivity index (χ3v) is 4.48. The first-order chi connectivity index (χ1) is 14.3. The predicted molar refractivity (Wildman–Crippen MR) is 105 cm³/mol. The van der Waals surface area contributed by atoms with E-state index in [1.165, 1.54) is 6.33 Å². The Balaban J connectivity index is 1.46. The molecule has 1 aliphatic rings. The number of ether oxygens (including phenoxy) is 2. The lowest BCUT2D eigenvalue weighted by Crippen LogP contribution is -2.04. The van der Waals surface area contributed by atoms with E-state index in [0.717, 1.165) is 22.6 Å². The van der Waals surface area contributed by atoms with Crippen LogP contribution in [0.1, 0.15) is 5.56 Å². The minimum absolute atomic E-state index is 0.434. The van der Waals surface area contributed by atoms with Crippen LogP contribution in [0.3, 0.4) is 0 Å². The molecule has 0 atom stereocenters. The molecule has 5 rings (SSSR count). The summed E-state index contributed by atoms with van der Waals surface area (Å²) < 4.78 is 11.3. The molecule has 2 aromatic heterocycles. The van der Waals surface area contributed by atoms with Gasteiger partial charge >= 0.3 is 0 Å². The second-order valence-corrected chi connectivity index (χ2v) is 6.27. The van der Waals surface area contributed by atoms with Crippen LogP contribution in [0.5, 0.6) is 17.4 Å². The Kier molecular flexibility index (Phi) is 4.13. The van der Waals surface area contributed by atoms with Gasteiger partial charge in [0.1, 0.15) is 23.5 Å². The molecule has 10 nitrogen and oxygen atoms in total. The summed E-state index contributed by atoms with van der Waals surface area (Å²) >= 11 is 0. The fourth-order valence-electron chi connectivity index (χ4n) is 3.05. The van der Waals surface area contributed by atoms with E-state index in [9.17, 15) is 0 Å². The van der Waals surface area contributed by atoms with Gasteiger partial charge < -0.3 is 20.1 Å². The lowest BCUT2D eigenvalue weighted by atomic mass is 10.2. The number of aromatic amines is 1. The first-order valence-corrected chi connectivity index (χ1v) is 8.85. The van der Waals surface area contributed by atoms with Crippen molar-refractivity contribution in [1.29, 1.82) is 0 Å². The first kappa shape index (κ1) is 16.9. The van der Waals surface area contributed by atoms with E-state index in [4.69, 9.17) is 9.47 Å². The van der Waals surface area contributed by atoms with Crippen LogP contribution in [0.4, 0.5) is 17.2 Å².